The van der Waals surface area contributed by atoms with Crippen LogP contribution in [0.3, 0.4) is 0 Å². The van der Waals surface area contributed by atoms with E-state index in [1.807, 2.05) is 0 Å². The van der Waals surface area contributed by atoms with Crippen molar-refractivity contribution in [3.8, 4) is 0 Å². The molecule has 5 nitrogen and oxygen atoms in total. The van der Waals surface area contributed by atoms with Crippen molar-refractivity contribution in [2.75, 3.05) is 13.1 Å². The molecule has 94 valence electrons. The topological polar surface area (TPSA) is 77.8 Å². The number of piperidine rings is 1. The Morgan fingerprint density at radius 1 is 1.12 bits per heavy atom. The predicted molar refractivity (Wildman–Crippen MR) is 60.5 cm³/mol. The van der Waals surface area contributed by atoms with Crippen molar-refractivity contribution < 1.29 is 19.8 Å². The highest BCUT2D eigenvalue weighted by Crippen LogP contribution is 2.16. The average molecular weight is 231 g/mol. The molecule has 1 rings (SSSR count). The van der Waals surface area contributed by atoms with E-state index in [-0.39, 0.29) is 5.92 Å². The van der Waals surface area contributed by atoms with Crippen LogP contribution in [-0.4, -0.2) is 40.3 Å². The Bertz CT molecular complexity index is 207. The van der Waals surface area contributed by atoms with Crippen molar-refractivity contribution in [2.24, 2.45) is 11.8 Å². The zero-order chi connectivity index (χ0) is 12.7. The number of amides is 1. The third-order valence-corrected chi connectivity index (χ3v) is 2.11. The molecule has 5 heteroatoms. The molecule has 0 radical (unpaired) electrons. The van der Waals surface area contributed by atoms with Gasteiger partial charge in [-0.3, -0.25) is 4.79 Å². The summed E-state index contributed by atoms with van der Waals surface area (Å²) in [6.45, 7) is 7.18. The van der Waals surface area contributed by atoms with Crippen LogP contribution in [0.4, 0.5) is 4.79 Å². The second-order valence-corrected chi connectivity index (χ2v) is 4.61. The van der Waals surface area contributed by atoms with Gasteiger partial charge in [-0.25, -0.2) is 4.79 Å². The van der Waals surface area contributed by atoms with Crippen molar-refractivity contribution in [3.05, 3.63) is 0 Å². The fourth-order valence-electron chi connectivity index (χ4n) is 1.32. The van der Waals surface area contributed by atoms with Gasteiger partial charge in [0.05, 0.1) is 5.92 Å². The zero-order valence-corrected chi connectivity index (χ0v) is 10.1. The Balaban J connectivity index is 0.000000487. The molecular formula is C11H21NO4. The van der Waals surface area contributed by atoms with Crippen molar-refractivity contribution in [3.63, 3.8) is 0 Å². The van der Waals surface area contributed by atoms with E-state index in [0.29, 0.717) is 25.9 Å². The smallest absolute Gasteiger partial charge is 0.407 e. The fraction of sp³-hybridized carbons (Fsp3) is 0.818. The molecule has 0 aliphatic carbocycles. The normalized spacial score (nSPS) is 16.6. The molecule has 0 unspecified atom stereocenters. The van der Waals surface area contributed by atoms with Crippen LogP contribution in [0.2, 0.25) is 0 Å². The monoisotopic (exact) mass is 231 g/mol. The van der Waals surface area contributed by atoms with E-state index in [4.69, 9.17) is 10.2 Å². The standard InChI is InChI=1S/C7H11NO4.C4H10/c9-6(10)5-1-3-8(4-2-5)7(11)12;1-4(2)3/h5H,1-4H2,(H,9,10)(H,11,12);4H,1-3H3. The first kappa shape index (κ1) is 14.7. The predicted octanol–water partition coefficient (Wildman–Crippen LogP) is 2.12. The van der Waals surface area contributed by atoms with Gasteiger partial charge in [0, 0.05) is 13.1 Å². The number of carboxylic acid groups (broad SMARTS) is 2. The van der Waals surface area contributed by atoms with Crippen LogP contribution >= 0.6 is 0 Å². The lowest BCUT2D eigenvalue weighted by atomic mass is 9.97. The summed E-state index contributed by atoms with van der Waals surface area (Å²) in [5, 5.41) is 17.1. The van der Waals surface area contributed by atoms with Crippen molar-refractivity contribution in [2.45, 2.75) is 33.6 Å². The fourth-order valence-corrected chi connectivity index (χ4v) is 1.32. The third-order valence-electron chi connectivity index (χ3n) is 2.11. The van der Waals surface area contributed by atoms with E-state index in [0.717, 1.165) is 5.92 Å². The third kappa shape index (κ3) is 6.27. The number of hydrogen-bond acceptors (Lipinski definition) is 2. The molecule has 1 aliphatic rings. The van der Waals surface area contributed by atoms with Gasteiger partial charge in [0.15, 0.2) is 0 Å². The van der Waals surface area contributed by atoms with Gasteiger partial charge < -0.3 is 15.1 Å². The van der Waals surface area contributed by atoms with Gasteiger partial charge in [0.1, 0.15) is 0 Å². The molecule has 1 amide bonds. The zero-order valence-electron chi connectivity index (χ0n) is 10.1. The van der Waals surface area contributed by atoms with Gasteiger partial charge >= 0.3 is 12.1 Å². The summed E-state index contributed by atoms with van der Waals surface area (Å²) >= 11 is 0. The highest BCUT2D eigenvalue weighted by molar-refractivity contribution is 5.71. The molecule has 0 aromatic carbocycles. The molecule has 1 heterocycles. The summed E-state index contributed by atoms with van der Waals surface area (Å²) in [5.41, 5.74) is 0. The molecule has 1 saturated heterocycles. The quantitative estimate of drug-likeness (QED) is 0.724. The van der Waals surface area contributed by atoms with E-state index in [1.54, 1.807) is 0 Å². The summed E-state index contributed by atoms with van der Waals surface area (Å²) in [6, 6.07) is 0. The first-order chi connectivity index (χ1) is 7.34. The highest BCUT2D eigenvalue weighted by Gasteiger charge is 2.26. The number of aliphatic carboxylic acids is 1. The number of nitrogens with zero attached hydrogens (tertiary/aromatic N) is 1. The molecule has 0 aromatic rings. The first-order valence-corrected chi connectivity index (χ1v) is 5.55. The maximum absolute atomic E-state index is 10.5. The molecule has 0 atom stereocenters. The molecule has 0 bridgehead atoms. The van der Waals surface area contributed by atoms with Crippen LogP contribution in [0.1, 0.15) is 33.6 Å². The molecule has 1 aliphatic heterocycles. The van der Waals surface area contributed by atoms with Crippen LogP contribution in [0.5, 0.6) is 0 Å². The number of hydrogen-bond donors (Lipinski definition) is 2. The molecule has 0 spiro atoms. The lowest BCUT2D eigenvalue weighted by Crippen LogP contribution is -2.39. The van der Waals surface area contributed by atoms with Crippen LogP contribution in [0, 0.1) is 11.8 Å². The Kier molecular flexibility index (Phi) is 6.53. The molecule has 0 aromatic heterocycles. The van der Waals surface area contributed by atoms with Gasteiger partial charge in [0.2, 0.25) is 0 Å². The summed E-state index contributed by atoms with van der Waals surface area (Å²) in [5.74, 6) is -0.347. The minimum atomic E-state index is -0.959. The summed E-state index contributed by atoms with van der Waals surface area (Å²) in [7, 11) is 0. The molecule has 0 saturated carbocycles. The second-order valence-electron chi connectivity index (χ2n) is 4.61. The van der Waals surface area contributed by atoms with Crippen molar-refractivity contribution in [1.82, 2.24) is 4.90 Å². The van der Waals surface area contributed by atoms with Crippen LogP contribution in [0.25, 0.3) is 0 Å². The molecule has 1 fully saturated rings. The first-order valence-electron chi connectivity index (χ1n) is 5.55. The second kappa shape index (κ2) is 7.09. The minimum absolute atomic E-state index is 0.340. The SMILES string of the molecule is CC(C)C.O=C(O)C1CCN(C(=O)O)CC1. The van der Waals surface area contributed by atoms with Gasteiger partial charge in [0.25, 0.3) is 0 Å². The van der Waals surface area contributed by atoms with Crippen LogP contribution in [0.15, 0.2) is 0 Å². The van der Waals surface area contributed by atoms with Gasteiger partial charge in [-0.15, -0.1) is 0 Å². The minimum Gasteiger partial charge on any atom is -0.481 e. The average Bonchev–Trinajstić information content (AvgIpc) is 2.17. The summed E-state index contributed by atoms with van der Waals surface area (Å²) in [6.07, 6.45) is -0.0951. The molecular weight excluding hydrogens is 210 g/mol. The van der Waals surface area contributed by atoms with E-state index >= 15 is 0 Å². The molecule has 2 N–H and O–H groups in total. The van der Waals surface area contributed by atoms with Gasteiger partial charge in [-0.1, -0.05) is 20.8 Å². The lowest BCUT2D eigenvalue weighted by Gasteiger charge is -2.27. The lowest BCUT2D eigenvalue weighted by molar-refractivity contribution is -0.143. The van der Waals surface area contributed by atoms with E-state index < -0.39 is 12.1 Å². The number of carbonyl (C=O) groups is 2. The molecule has 16 heavy (non-hydrogen) atoms. The number of likely N-dealkylation sites (tertiary alicyclic amines) is 1. The van der Waals surface area contributed by atoms with Crippen molar-refractivity contribution >= 4 is 12.1 Å². The highest BCUT2D eigenvalue weighted by atomic mass is 16.4. The number of rotatable bonds is 1. The number of carboxylic acids is 1. The van der Waals surface area contributed by atoms with E-state index in [9.17, 15) is 9.59 Å². The van der Waals surface area contributed by atoms with Crippen LogP contribution < -0.4 is 0 Å². The van der Waals surface area contributed by atoms with Gasteiger partial charge in [-0.05, 0) is 18.8 Å². The van der Waals surface area contributed by atoms with Crippen LogP contribution in [-0.2, 0) is 4.79 Å². The van der Waals surface area contributed by atoms with Crippen molar-refractivity contribution in [1.29, 1.82) is 0 Å². The Morgan fingerprint density at radius 2 is 1.50 bits per heavy atom. The maximum Gasteiger partial charge on any atom is 0.407 e. The largest absolute Gasteiger partial charge is 0.481 e. The Hall–Kier alpha value is -1.26. The Labute approximate surface area is 96.1 Å². The summed E-state index contributed by atoms with van der Waals surface area (Å²) in [4.78, 5) is 22.1. The van der Waals surface area contributed by atoms with Gasteiger partial charge in [-0.2, -0.15) is 0 Å². The van der Waals surface area contributed by atoms with E-state index in [1.165, 1.54) is 4.90 Å². The maximum atomic E-state index is 10.5. The summed E-state index contributed by atoms with van der Waals surface area (Å²) < 4.78 is 0. The Morgan fingerprint density at radius 3 is 1.75 bits per heavy atom. The van der Waals surface area contributed by atoms with E-state index in [2.05, 4.69) is 20.8 Å².